The molecule has 0 spiro atoms. The molecule has 7 nitrogen and oxygen atoms in total. The van der Waals surface area contributed by atoms with Crippen molar-refractivity contribution >= 4 is 21.8 Å². The van der Waals surface area contributed by atoms with Crippen LogP contribution in [0.5, 0.6) is 5.75 Å². The number of nitrogens with zero attached hydrogens (tertiary/aromatic N) is 2. The molecule has 0 saturated carbocycles. The van der Waals surface area contributed by atoms with Crippen LogP contribution in [-0.4, -0.2) is 43.5 Å². The van der Waals surface area contributed by atoms with Gasteiger partial charge in [-0.1, -0.05) is 0 Å². The number of carbonyl (C=O) groups excluding carboxylic acids is 1. The maximum Gasteiger partial charge on any atom is 0.262 e. The molecule has 1 saturated heterocycles. The van der Waals surface area contributed by atoms with Crippen LogP contribution in [0.4, 0.5) is 0 Å². The van der Waals surface area contributed by atoms with Gasteiger partial charge in [-0.15, -0.1) is 0 Å². The number of carbonyl (C=O) groups is 1. The number of rotatable bonds is 5. The standard InChI is InChI=1S/C21H23N3O4S/c1-14-10-16(15(2)24(14)19-4-6-20(28-3)7-5-19)11-17(12-22)21(25)23-18-8-9-29(26,27)13-18/h4-7,10-11,18H,8-9,13H2,1-3H3,(H,23,25)/b17-11-/t18-/m0/s1. The molecule has 1 amide bonds. The van der Waals surface area contributed by atoms with Crippen LogP contribution in [0.1, 0.15) is 23.4 Å². The molecule has 1 fully saturated rings. The molecule has 2 aromatic rings. The number of aryl methyl sites for hydroxylation is 1. The van der Waals surface area contributed by atoms with E-state index in [1.54, 1.807) is 13.2 Å². The highest BCUT2D eigenvalue weighted by Crippen LogP contribution is 2.24. The predicted molar refractivity (Wildman–Crippen MR) is 111 cm³/mol. The zero-order valence-corrected chi connectivity index (χ0v) is 17.4. The molecule has 2 heterocycles. The average Bonchev–Trinajstić information content (AvgIpc) is 3.17. The van der Waals surface area contributed by atoms with Gasteiger partial charge in [0.15, 0.2) is 9.84 Å². The molecular formula is C21H23N3O4S. The fourth-order valence-corrected chi connectivity index (χ4v) is 5.21. The summed E-state index contributed by atoms with van der Waals surface area (Å²) in [5.41, 5.74) is 3.49. The quantitative estimate of drug-likeness (QED) is 0.599. The number of hydrogen-bond acceptors (Lipinski definition) is 5. The molecule has 3 rings (SSSR count). The van der Waals surface area contributed by atoms with Crippen molar-refractivity contribution < 1.29 is 17.9 Å². The maximum absolute atomic E-state index is 12.5. The molecule has 0 radical (unpaired) electrons. The van der Waals surface area contributed by atoms with Crippen molar-refractivity contribution in [2.75, 3.05) is 18.6 Å². The van der Waals surface area contributed by atoms with Gasteiger partial charge in [-0.25, -0.2) is 8.42 Å². The number of aromatic nitrogens is 1. The molecule has 1 atom stereocenters. The first-order chi connectivity index (χ1) is 13.7. The Morgan fingerprint density at radius 2 is 2.00 bits per heavy atom. The van der Waals surface area contributed by atoms with Gasteiger partial charge < -0.3 is 14.6 Å². The van der Waals surface area contributed by atoms with Gasteiger partial charge in [-0.3, -0.25) is 4.79 Å². The lowest BCUT2D eigenvalue weighted by atomic mass is 10.1. The highest BCUT2D eigenvalue weighted by Gasteiger charge is 2.29. The number of amides is 1. The molecule has 1 aromatic carbocycles. The van der Waals surface area contributed by atoms with Gasteiger partial charge in [0.25, 0.3) is 5.91 Å². The van der Waals surface area contributed by atoms with Crippen LogP contribution >= 0.6 is 0 Å². The molecule has 8 heteroatoms. The van der Waals surface area contributed by atoms with E-state index in [1.165, 1.54) is 0 Å². The van der Waals surface area contributed by atoms with E-state index in [2.05, 4.69) is 5.32 Å². The molecule has 0 aliphatic carbocycles. The Kier molecular flexibility index (Phi) is 5.80. The molecule has 152 valence electrons. The third kappa shape index (κ3) is 4.51. The number of sulfone groups is 1. The Morgan fingerprint density at radius 1 is 1.31 bits per heavy atom. The second kappa shape index (κ2) is 8.13. The van der Waals surface area contributed by atoms with Gasteiger partial charge in [0.2, 0.25) is 0 Å². The van der Waals surface area contributed by atoms with Gasteiger partial charge in [0.1, 0.15) is 17.4 Å². The van der Waals surface area contributed by atoms with E-state index in [9.17, 15) is 18.5 Å². The lowest BCUT2D eigenvalue weighted by Crippen LogP contribution is -2.36. The zero-order valence-electron chi connectivity index (χ0n) is 16.6. The summed E-state index contributed by atoms with van der Waals surface area (Å²) in [4.78, 5) is 12.5. The second-order valence-electron chi connectivity index (χ2n) is 7.10. The largest absolute Gasteiger partial charge is 0.497 e. The first-order valence-corrected chi connectivity index (χ1v) is 11.0. The predicted octanol–water partition coefficient (Wildman–Crippen LogP) is 2.31. The van der Waals surface area contributed by atoms with Crippen LogP contribution in [0.15, 0.2) is 35.9 Å². The Hall–Kier alpha value is -3.05. The summed E-state index contributed by atoms with van der Waals surface area (Å²) >= 11 is 0. The summed E-state index contributed by atoms with van der Waals surface area (Å²) in [6, 6.07) is 11.0. The molecule has 0 bridgehead atoms. The van der Waals surface area contributed by atoms with Crippen molar-refractivity contribution in [2.24, 2.45) is 0 Å². The Labute approximate surface area is 170 Å². The van der Waals surface area contributed by atoms with Gasteiger partial charge in [0, 0.05) is 23.1 Å². The molecule has 0 unspecified atom stereocenters. The minimum atomic E-state index is -3.11. The van der Waals surface area contributed by atoms with Crippen LogP contribution in [0, 0.1) is 25.2 Å². The Balaban J connectivity index is 1.86. The third-order valence-corrected chi connectivity index (χ3v) is 6.80. The number of benzene rings is 1. The molecule has 1 aliphatic heterocycles. The molecule has 1 aromatic heterocycles. The summed E-state index contributed by atoms with van der Waals surface area (Å²) < 4.78 is 30.4. The molecule has 1 N–H and O–H groups in total. The van der Waals surface area contributed by atoms with E-state index in [-0.39, 0.29) is 17.1 Å². The highest BCUT2D eigenvalue weighted by atomic mass is 32.2. The fourth-order valence-electron chi connectivity index (χ4n) is 3.54. The Bertz CT molecular complexity index is 1110. The third-order valence-electron chi connectivity index (χ3n) is 5.03. The van der Waals surface area contributed by atoms with Crippen LogP contribution in [0.3, 0.4) is 0 Å². The number of nitrogens with one attached hydrogen (secondary N) is 1. The summed E-state index contributed by atoms with van der Waals surface area (Å²) in [5, 5.41) is 12.1. The van der Waals surface area contributed by atoms with Crippen LogP contribution < -0.4 is 10.1 Å². The summed E-state index contributed by atoms with van der Waals surface area (Å²) in [7, 11) is -1.50. The van der Waals surface area contributed by atoms with Crippen molar-refractivity contribution in [3.8, 4) is 17.5 Å². The van der Waals surface area contributed by atoms with Crippen molar-refractivity contribution in [3.63, 3.8) is 0 Å². The second-order valence-corrected chi connectivity index (χ2v) is 9.33. The van der Waals surface area contributed by atoms with E-state index in [0.717, 1.165) is 28.4 Å². The SMILES string of the molecule is COc1ccc(-n2c(C)cc(/C=C(/C#N)C(=O)N[C@H]3CCS(=O)(=O)C3)c2C)cc1. The molecule has 29 heavy (non-hydrogen) atoms. The van der Waals surface area contributed by atoms with E-state index in [1.807, 2.05) is 54.8 Å². The highest BCUT2D eigenvalue weighted by molar-refractivity contribution is 7.91. The lowest BCUT2D eigenvalue weighted by molar-refractivity contribution is -0.117. The van der Waals surface area contributed by atoms with Crippen molar-refractivity contribution in [3.05, 3.63) is 52.9 Å². The van der Waals surface area contributed by atoms with E-state index in [0.29, 0.717) is 6.42 Å². The topological polar surface area (TPSA) is 101 Å². The average molecular weight is 413 g/mol. The summed E-state index contributed by atoms with van der Waals surface area (Å²) in [6.07, 6.45) is 1.92. The summed E-state index contributed by atoms with van der Waals surface area (Å²) in [5.74, 6) is 0.188. The first kappa shape index (κ1) is 20.7. The van der Waals surface area contributed by atoms with Gasteiger partial charge in [-0.05, 0) is 62.2 Å². The fraction of sp³-hybridized carbons (Fsp3) is 0.333. The smallest absolute Gasteiger partial charge is 0.262 e. The number of ether oxygens (including phenoxy) is 1. The van der Waals surface area contributed by atoms with Gasteiger partial charge >= 0.3 is 0 Å². The van der Waals surface area contributed by atoms with Gasteiger partial charge in [-0.2, -0.15) is 5.26 Å². The van der Waals surface area contributed by atoms with Crippen LogP contribution in [0.2, 0.25) is 0 Å². The molecule has 1 aliphatic rings. The van der Waals surface area contributed by atoms with E-state index < -0.39 is 21.8 Å². The lowest BCUT2D eigenvalue weighted by Gasteiger charge is -2.11. The van der Waals surface area contributed by atoms with Crippen molar-refractivity contribution in [1.29, 1.82) is 5.26 Å². The number of nitriles is 1. The normalized spacial score (nSPS) is 18.3. The van der Waals surface area contributed by atoms with Crippen LogP contribution in [0.25, 0.3) is 11.8 Å². The minimum Gasteiger partial charge on any atom is -0.497 e. The van der Waals surface area contributed by atoms with E-state index >= 15 is 0 Å². The monoisotopic (exact) mass is 413 g/mol. The van der Waals surface area contributed by atoms with Crippen molar-refractivity contribution in [1.82, 2.24) is 9.88 Å². The number of hydrogen-bond donors (Lipinski definition) is 1. The van der Waals surface area contributed by atoms with E-state index in [4.69, 9.17) is 4.74 Å². The summed E-state index contributed by atoms with van der Waals surface area (Å²) in [6.45, 7) is 3.86. The van der Waals surface area contributed by atoms with Crippen molar-refractivity contribution in [2.45, 2.75) is 26.3 Å². The maximum atomic E-state index is 12.5. The Morgan fingerprint density at radius 3 is 2.55 bits per heavy atom. The minimum absolute atomic E-state index is 0.0516. The zero-order chi connectivity index (χ0) is 21.2. The van der Waals surface area contributed by atoms with Crippen LogP contribution in [-0.2, 0) is 14.6 Å². The first-order valence-electron chi connectivity index (χ1n) is 9.20. The van der Waals surface area contributed by atoms with Gasteiger partial charge in [0.05, 0.1) is 18.6 Å². The molecular weight excluding hydrogens is 390 g/mol. The number of methoxy groups -OCH3 is 1.